The molecule has 8 heteroatoms. The summed E-state index contributed by atoms with van der Waals surface area (Å²) in [5.41, 5.74) is 0.465. The largest absolute Gasteiger partial charge is 0.378 e. The molecular formula is C12H15ClN2O4S. The minimum absolute atomic E-state index is 0.0676. The van der Waals surface area contributed by atoms with E-state index in [-0.39, 0.29) is 23.4 Å². The molecule has 0 bridgehead atoms. The summed E-state index contributed by atoms with van der Waals surface area (Å²) in [4.78, 5) is 15.4. The Bertz CT molecular complexity index is 568. The van der Waals surface area contributed by atoms with E-state index in [9.17, 15) is 13.2 Å². The Labute approximate surface area is 122 Å². The van der Waals surface area contributed by atoms with Gasteiger partial charge in [0, 0.05) is 12.8 Å². The van der Waals surface area contributed by atoms with E-state index in [1.807, 2.05) is 4.72 Å². The molecule has 2 heterocycles. The van der Waals surface area contributed by atoms with E-state index in [1.165, 1.54) is 12.3 Å². The van der Waals surface area contributed by atoms with Crippen LogP contribution < -0.4 is 4.72 Å². The second kappa shape index (κ2) is 6.51. The van der Waals surface area contributed by atoms with Gasteiger partial charge in [0.15, 0.2) is 0 Å². The van der Waals surface area contributed by atoms with Crippen molar-refractivity contribution in [2.45, 2.75) is 31.1 Å². The predicted octanol–water partition coefficient (Wildman–Crippen LogP) is 1.25. The smallest absolute Gasteiger partial charge is 0.239 e. The molecule has 1 N–H and O–H groups in total. The van der Waals surface area contributed by atoms with Crippen LogP contribution >= 0.6 is 11.6 Å². The lowest BCUT2D eigenvalue weighted by molar-refractivity contribution is -0.121. The van der Waals surface area contributed by atoms with Crippen LogP contribution in [0.1, 0.15) is 24.8 Å². The lowest BCUT2D eigenvalue weighted by atomic mass is 10.2. The molecule has 110 valence electrons. The van der Waals surface area contributed by atoms with Gasteiger partial charge in [0.1, 0.15) is 5.15 Å². The Morgan fingerprint density at radius 3 is 2.90 bits per heavy atom. The van der Waals surface area contributed by atoms with Gasteiger partial charge >= 0.3 is 0 Å². The highest BCUT2D eigenvalue weighted by molar-refractivity contribution is 7.89. The molecule has 20 heavy (non-hydrogen) atoms. The predicted molar refractivity (Wildman–Crippen MR) is 73.6 cm³/mol. The van der Waals surface area contributed by atoms with Gasteiger partial charge in [-0.25, -0.2) is 13.4 Å². The zero-order valence-corrected chi connectivity index (χ0v) is 12.3. The van der Waals surface area contributed by atoms with E-state index >= 15 is 0 Å². The SMILES string of the molecule is O=C(C[C@H]1CCCO1)NS(=O)(=O)Cc1ccc(Cl)nc1. The summed E-state index contributed by atoms with van der Waals surface area (Å²) in [6.07, 6.45) is 2.95. The van der Waals surface area contributed by atoms with Crippen LogP contribution in [0.5, 0.6) is 0 Å². The average Bonchev–Trinajstić information content (AvgIpc) is 2.83. The van der Waals surface area contributed by atoms with Crippen LogP contribution in [0.4, 0.5) is 0 Å². The number of hydrogen-bond donors (Lipinski definition) is 1. The fourth-order valence-electron chi connectivity index (χ4n) is 1.97. The molecule has 1 aromatic heterocycles. The Balaban J connectivity index is 1.89. The van der Waals surface area contributed by atoms with Crippen molar-refractivity contribution in [2.75, 3.05) is 6.61 Å². The molecule has 0 aromatic carbocycles. The monoisotopic (exact) mass is 318 g/mol. The Kier molecular flexibility index (Phi) is 4.95. The van der Waals surface area contributed by atoms with Gasteiger partial charge in [-0.3, -0.25) is 9.52 Å². The second-order valence-electron chi connectivity index (χ2n) is 4.61. The molecule has 2 rings (SSSR count). The van der Waals surface area contributed by atoms with Gasteiger partial charge in [0.25, 0.3) is 0 Å². The third-order valence-corrected chi connectivity index (χ3v) is 4.33. The number of ether oxygens (including phenoxy) is 1. The summed E-state index contributed by atoms with van der Waals surface area (Å²) in [5.74, 6) is -0.854. The van der Waals surface area contributed by atoms with E-state index in [0.717, 1.165) is 12.8 Å². The van der Waals surface area contributed by atoms with Crippen LogP contribution in [0.25, 0.3) is 0 Å². The number of halogens is 1. The Hall–Kier alpha value is -1.18. The van der Waals surface area contributed by atoms with Crippen LogP contribution in [0.2, 0.25) is 5.15 Å². The third-order valence-electron chi connectivity index (χ3n) is 2.85. The standard InChI is InChI=1S/C12H15ClN2O4S/c13-11-4-3-9(7-14-11)8-20(17,18)15-12(16)6-10-2-1-5-19-10/h3-4,7,10H,1-2,5-6,8H2,(H,15,16)/t10-/m1/s1. The fourth-order valence-corrected chi connectivity index (χ4v) is 3.20. The number of sulfonamides is 1. The first-order chi connectivity index (χ1) is 9.44. The summed E-state index contributed by atoms with van der Waals surface area (Å²) in [6, 6.07) is 3.06. The van der Waals surface area contributed by atoms with E-state index in [1.54, 1.807) is 6.07 Å². The molecule has 1 aliphatic rings. The van der Waals surface area contributed by atoms with Crippen LogP contribution in [0.15, 0.2) is 18.3 Å². The topological polar surface area (TPSA) is 85.4 Å². The van der Waals surface area contributed by atoms with Crippen molar-refractivity contribution < 1.29 is 17.9 Å². The van der Waals surface area contributed by atoms with Crippen LogP contribution in [0, 0.1) is 0 Å². The minimum Gasteiger partial charge on any atom is -0.378 e. The molecule has 0 unspecified atom stereocenters. The van der Waals surface area contributed by atoms with Gasteiger partial charge in [-0.1, -0.05) is 17.7 Å². The Morgan fingerprint density at radius 1 is 1.50 bits per heavy atom. The summed E-state index contributed by atoms with van der Waals surface area (Å²) >= 11 is 5.62. The highest BCUT2D eigenvalue weighted by Gasteiger charge is 2.22. The molecule has 1 aliphatic heterocycles. The first-order valence-electron chi connectivity index (χ1n) is 6.20. The highest BCUT2D eigenvalue weighted by atomic mass is 35.5. The van der Waals surface area contributed by atoms with E-state index < -0.39 is 15.9 Å². The maximum Gasteiger partial charge on any atom is 0.239 e. The molecule has 0 aliphatic carbocycles. The maximum atomic E-state index is 11.8. The van der Waals surface area contributed by atoms with Crippen LogP contribution in [0.3, 0.4) is 0 Å². The normalized spacial score (nSPS) is 18.9. The van der Waals surface area contributed by atoms with Gasteiger partial charge < -0.3 is 4.74 Å². The molecular weight excluding hydrogens is 304 g/mol. The van der Waals surface area contributed by atoms with Crippen molar-refractivity contribution in [3.8, 4) is 0 Å². The van der Waals surface area contributed by atoms with Gasteiger partial charge in [0.2, 0.25) is 15.9 Å². The molecule has 1 fully saturated rings. The average molecular weight is 319 g/mol. The number of nitrogens with one attached hydrogen (secondary N) is 1. The van der Waals surface area contributed by atoms with Crippen molar-refractivity contribution in [2.24, 2.45) is 0 Å². The minimum atomic E-state index is -3.73. The number of nitrogens with zero attached hydrogens (tertiary/aromatic N) is 1. The van der Waals surface area contributed by atoms with Crippen molar-refractivity contribution in [3.05, 3.63) is 29.0 Å². The molecule has 0 radical (unpaired) electrons. The van der Waals surface area contributed by atoms with Crippen LogP contribution in [-0.4, -0.2) is 32.0 Å². The lowest BCUT2D eigenvalue weighted by Crippen LogP contribution is -2.33. The molecule has 1 amide bonds. The summed E-state index contributed by atoms with van der Waals surface area (Å²) < 4.78 is 31.0. The first-order valence-corrected chi connectivity index (χ1v) is 8.23. The number of aromatic nitrogens is 1. The van der Waals surface area contributed by atoms with Gasteiger partial charge in [0.05, 0.1) is 18.3 Å². The summed E-state index contributed by atoms with van der Waals surface area (Å²) in [7, 11) is -3.73. The third kappa shape index (κ3) is 4.73. The van der Waals surface area contributed by atoms with Crippen LogP contribution in [-0.2, 0) is 25.3 Å². The number of hydrogen-bond acceptors (Lipinski definition) is 5. The number of rotatable bonds is 5. The quantitative estimate of drug-likeness (QED) is 0.826. The van der Waals surface area contributed by atoms with Gasteiger partial charge in [-0.05, 0) is 24.5 Å². The zero-order chi connectivity index (χ0) is 14.6. The molecule has 1 saturated heterocycles. The molecule has 0 saturated carbocycles. The molecule has 1 atom stereocenters. The van der Waals surface area contributed by atoms with E-state index in [4.69, 9.17) is 16.3 Å². The zero-order valence-electron chi connectivity index (χ0n) is 10.7. The fraction of sp³-hybridized carbons (Fsp3) is 0.500. The Morgan fingerprint density at radius 2 is 2.30 bits per heavy atom. The first kappa shape index (κ1) is 15.2. The molecule has 0 spiro atoms. The van der Waals surface area contributed by atoms with Gasteiger partial charge in [-0.15, -0.1) is 0 Å². The summed E-state index contributed by atoms with van der Waals surface area (Å²) in [6.45, 7) is 0.626. The highest BCUT2D eigenvalue weighted by Crippen LogP contribution is 2.15. The van der Waals surface area contributed by atoms with Crippen molar-refractivity contribution in [1.82, 2.24) is 9.71 Å². The summed E-state index contributed by atoms with van der Waals surface area (Å²) in [5, 5.41) is 0.286. The maximum absolute atomic E-state index is 11.8. The number of amides is 1. The van der Waals surface area contributed by atoms with Gasteiger partial charge in [-0.2, -0.15) is 0 Å². The van der Waals surface area contributed by atoms with E-state index in [0.29, 0.717) is 12.2 Å². The number of pyridine rings is 1. The van der Waals surface area contributed by atoms with Crippen molar-refractivity contribution >= 4 is 27.5 Å². The lowest BCUT2D eigenvalue weighted by Gasteiger charge is -2.10. The molecule has 1 aromatic rings. The molecule has 6 nitrogen and oxygen atoms in total. The van der Waals surface area contributed by atoms with Crippen molar-refractivity contribution in [1.29, 1.82) is 0 Å². The van der Waals surface area contributed by atoms with E-state index in [2.05, 4.69) is 4.98 Å². The number of carbonyl (C=O) groups is 1. The second-order valence-corrected chi connectivity index (χ2v) is 6.72. The number of carbonyl (C=O) groups excluding carboxylic acids is 1. The van der Waals surface area contributed by atoms with Crippen molar-refractivity contribution in [3.63, 3.8) is 0 Å².